The van der Waals surface area contributed by atoms with Crippen molar-refractivity contribution in [3.63, 3.8) is 0 Å². The van der Waals surface area contributed by atoms with Gasteiger partial charge >= 0.3 is 6.18 Å². The molecule has 1 aromatic carbocycles. The summed E-state index contributed by atoms with van der Waals surface area (Å²) >= 11 is 3.01. The number of alkyl halides is 3. The molecule has 4 nitrogen and oxygen atoms in total. The summed E-state index contributed by atoms with van der Waals surface area (Å²) in [5.74, 6) is 0.0457. The van der Waals surface area contributed by atoms with Crippen molar-refractivity contribution in [3.05, 3.63) is 28.2 Å². The van der Waals surface area contributed by atoms with E-state index in [1.807, 2.05) is 0 Å². The molecule has 2 rings (SSSR count). The van der Waals surface area contributed by atoms with Crippen LogP contribution in [0.25, 0.3) is 0 Å². The smallest absolute Gasteiger partial charge is 0.330 e. The third kappa shape index (κ3) is 3.94. The van der Waals surface area contributed by atoms with Gasteiger partial charge in [0.25, 0.3) is 0 Å². The largest absolute Gasteiger partial charge is 0.416 e. The Bertz CT molecular complexity index is 640. The Morgan fingerprint density at radius 1 is 1.36 bits per heavy atom. The van der Waals surface area contributed by atoms with Crippen LogP contribution in [0.4, 0.5) is 13.2 Å². The van der Waals surface area contributed by atoms with Crippen molar-refractivity contribution in [1.82, 2.24) is 4.31 Å². The molecule has 1 fully saturated rings. The third-order valence-electron chi connectivity index (χ3n) is 3.46. The minimum Gasteiger partial charge on any atom is -0.330 e. The van der Waals surface area contributed by atoms with Crippen molar-refractivity contribution in [2.75, 3.05) is 19.6 Å². The van der Waals surface area contributed by atoms with Gasteiger partial charge in [-0.1, -0.05) is 0 Å². The van der Waals surface area contributed by atoms with E-state index in [4.69, 9.17) is 5.73 Å². The number of halogens is 5. The quantitative estimate of drug-likeness (QED) is 0.813. The van der Waals surface area contributed by atoms with Gasteiger partial charge in [-0.25, -0.2) is 8.42 Å². The molecule has 1 heterocycles. The first-order valence-corrected chi connectivity index (χ1v) is 8.46. The van der Waals surface area contributed by atoms with Crippen LogP contribution in [0.15, 0.2) is 27.6 Å². The van der Waals surface area contributed by atoms with Crippen LogP contribution in [-0.2, 0) is 16.2 Å². The molecule has 1 unspecified atom stereocenters. The van der Waals surface area contributed by atoms with Crippen LogP contribution in [0.1, 0.15) is 12.0 Å². The summed E-state index contributed by atoms with van der Waals surface area (Å²) in [5.41, 5.74) is 4.52. The topological polar surface area (TPSA) is 63.4 Å². The standard InChI is InChI=1S/C12H14BrF3N2O2S.ClH/c13-10-2-1-9(12(14,15)16)5-11(10)21(19,20)18-4-3-8(6-17)7-18;/h1-2,5,8H,3-4,6-7,17H2;1H. The van der Waals surface area contributed by atoms with Crippen molar-refractivity contribution < 1.29 is 21.6 Å². The molecule has 1 aliphatic heterocycles. The zero-order valence-corrected chi connectivity index (χ0v) is 14.5. The number of nitrogens with two attached hydrogens (primary N) is 1. The zero-order valence-electron chi connectivity index (χ0n) is 11.3. The van der Waals surface area contributed by atoms with E-state index in [2.05, 4.69) is 15.9 Å². The Hall–Kier alpha value is -0.350. The van der Waals surface area contributed by atoms with Crippen molar-refractivity contribution in [1.29, 1.82) is 0 Å². The number of hydrogen-bond acceptors (Lipinski definition) is 3. The molecule has 0 amide bonds. The van der Waals surface area contributed by atoms with Crippen LogP contribution >= 0.6 is 28.3 Å². The number of benzene rings is 1. The lowest BCUT2D eigenvalue weighted by Crippen LogP contribution is -2.30. The predicted octanol–water partition coefficient (Wildman–Crippen LogP) is 2.86. The van der Waals surface area contributed by atoms with E-state index < -0.39 is 21.8 Å². The second-order valence-electron chi connectivity index (χ2n) is 4.90. The van der Waals surface area contributed by atoms with Gasteiger partial charge in [-0.2, -0.15) is 17.5 Å². The van der Waals surface area contributed by atoms with Crippen molar-refractivity contribution >= 4 is 38.4 Å². The summed E-state index contributed by atoms with van der Waals surface area (Å²) in [6.45, 7) is 0.865. The molecule has 126 valence electrons. The highest BCUT2D eigenvalue weighted by atomic mass is 79.9. The van der Waals surface area contributed by atoms with Crippen LogP contribution in [0.3, 0.4) is 0 Å². The Balaban J connectivity index is 0.00000242. The molecule has 0 radical (unpaired) electrons. The van der Waals surface area contributed by atoms with E-state index in [1.165, 1.54) is 4.31 Å². The van der Waals surface area contributed by atoms with E-state index in [9.17, 15) is 21.6 Å². The summed E-state index contributed by atoms with van der Waals surface area (Å²) in [6.07, 6.45) is -3.97. The first-order chi connectivity index (χ1) is 9.66. The first kappa shape index (κ1) is 19.7. The van der Waals surface area contributed by atoms with Crippen molar-refractivity contribution in [2.24, 2.45) is 11.7 Å². The SMILES string of the molecule is Cl.NCC1CCN(S(=O)(=O)c2cc(C(F)(F)F)ccc2Br)C1. The minimum atomic E-state index is -4.59. The van der Waals surface area contributed by atoms with Crippen LogP contribution in [0.2, 0.25) is 0 Å². The van der Waals surface area contributed by atoms with Gasteiger partial charge in [-0.05, 0) is 53.0 Å². The molecule has 10 heteroatoms. The molecular formula is C12H15BrClF3N2O2S. The van der Waals surface area contributed by atoms with E-state index in [-0.39, 0.29) is 40.8 Å². The lowest BCUT2D eigenvalue weighted by atomic mass is 10.1. The summed E-state index contributed by atoms with van der Waals surface area (Å²) in [6, 6.07) is 2.61. The second kappa shape index (κ2) is 7.04. The fourth-order valence-electron chi connectivity index (χ4n) is 2.22. The monoisotopic (exact) mass is 422 g/mol. The number of rotatable bonds is 3. The number of hydrogen-bond donors (Lipinski definition) is 1. The van der Waals surface area contributed by atoms with Crippen LogP contribution in [0.5, 0.6) is 0 Å². The van der Waals surface area contributed by atoms with Gasteiger partial charge in [-0.15, -0.1) is 12.4 Å². The molecule has 0 aliphatic carbocycles. The van der Waals surface area contributed by atoms with Gasteiger partial charge in [-0.3, -0.25) is 0 Å². The molecule has 1 atom stereocenters. The van der Waals surface area contributed by atoms with Gasteiger partial charge in [0, 0.05) is 17.6 Å². The molecule has 0 saturated carbocycles. The zero-order chi connectivity index (χ0) is 15.8. The average Bonchev–Trinajstić information content (AvgIpc) is 2.87. The molecular weight excluding hydrogens is 409 g/mol. The molecule has 0 aromatic heterocycles. The van der Waals surface area contributed by atoms with Crippen LogP contribution in [-0.4, -0.2) is 32.4 Å². The number of nitrogens with zero attached hydrogens (tertiary/aromatic N) is 1. The third-order valence-corrected chi connectivity index (χ3v) is 6.32. The molecule has 2 N–H and O–H groups in total. The fraction of sp³-hybridized carbons (Fsp3) is 0.500. The maximum Gasteiger partial charge on any atom is 0.416 e. The maximum atomic E-state index is 12.7. The van der Waals surface area contributed by atoms with Crippen molar-refractivity contribution in [2.45, 2.75) is 17.5 Å². The Morgan fingerprint density at radius 3 is 2.50 bits per heavy atom. The Kier molecular flexibility index (Phi) is 6.30. The van der Waals surface area contributed by atoms with E-state index >= 15 is 0 Å². The highest BCUT2D eigenvalue weighted by molar-refractivity contribution is 9.10. The highest BCUT2D eigenvalue weighted by Gasteiger charge is 2.36. The molecule has 22 heavy (non-hydrogen) atoms. The summed E-state index contributed by atoms with van der Waals surface area (Å²) < 4.78 is 64.5. The molecule has 0 spiro atoms. The minimum absolute atomic E-state index is 0. The lowest BCUT2D eigenvalue weighted by Gasteiger charge is -2.18. The summed E-state index contributed by atoms with van der Waals surface area (Å²) in [4.78, 5) is -0.366. The maximum absolute atomic E-state index is 12.7. The average molecular weight is 424 g/mol. The highest BCUT2D eigenvalue weighted by Crippen LogP contribution is 2.35. The Labute approximate surface area is 141 Å². The van der Waals surface area contributed by atoms with Gasteiger partial charge < -0.3 is 5.73 Å². The van der Waals surface area contributed by atoms with Gasteiger partial charge in [0.15, 0.2) is 0 Å². The summed E-state index contributed by atoms with van der Waals surface area (Å²) in [7, 11) is -3.96. The lowest BCUT2D eigenvalue weighted by molar-refractivity contribution is -0.137. The second-order valence-corrected chi connectivity index (χ2v) is 7.66. The first-order valence-electron chi connectivity index (χ1n) is 6.23. The molecule has 1 aromatic rings. The normalized spacial score (nSPS) is 20.0. The number of sulfonamides is 1. The summed E-state index contributed by atoms with van der Waals surface area (Å²) in [5, 5.41) is 0. The Morgan fingerprint density at radius 2 is 2.00 bits per heavy atom. The van der Waals surface area contributed by atoms with E-state index in [1.54, 1.807) is 0 Å². The van der Waals surface area contributed by atoms with Crippen LogP contribution in [0, 0.1) is 5.92 Å². The molecule has 0 bridgehead atoms. The molecule has 1 saturated heterocycles. The predicted molar refractivity (Wildman–Crippen MR) is 82.3 cm³/mol. The van der Waals surface area contributed by atoms with Crippen LogP contribution < -0.4 is 5.73 Å². The fourth-order valence-corrected chi connectivity index (χ4v) is 4.71. The molecule has 1 aliphatic rings. The van der Waals surface area contributed by atoms with Gasteiger partial charge in [0.2, 0.25) is 10.0 Å². The van der Waals surface area contributed by atoms with E-state index in [0.29, 0.717) is 19.0 Å². The van der Waals surface area contributed by atoms with E-state index in [0.717, 1.165) is 12.1 Å². The van der Waals surface area contributed by atoms with Gasteiger partial charge in [0.1, 0.15) is 0 Å². The van der Waals surface area contributed by atoms with Gasteiger partial charge in [0.05, 0.1) is 10.5 Å². The van der Waals surface area contributed by atoms with Crippen molar-refractivity contribution in [3.8, 4) is 0 Å².